The predicted octanol–water partition coefficient (Wildman–Crippen LogP) is 4.90. The van der Waals surface area contributed by atoms with Crippen molar-refractivity contribution >= 4 is 17.3 Å². The summed E-state index contributed by atoms with van der Waals surface area (Å²) in [6.45, 7) is 3.92. The molecule has 0 heterocycles. The maximum Gasteiger partial charge on any atom is 0.228 e. The Balaban J connectivity index is 1.58. The first-order valence-corrected chi connectivity index (χ1v) is 9.49. The zero-order valence-electron chi connectivity index (χ0n) is 16.4. The Hall–Kier alpha value is -3.27. The Morgan fingerprint density at radius 2 is 1.57 bits per heavy atom. The van der Waals surface area contributed by atoms with Crippen molar-refractivity contribution in [3.8, 4) is 5.75 Å². The molecule has 0 aliphatic carbocycles. The van der Waals surface area contributed by atoms with Gasteiger partial charge in [0.15, 0.2) is 0 Å². The molecule has 4 nitrogen and oxygen atoms in total. The molecule has 0 aromatic heterocycles. The minimum absolute atomic E-state index is 0.0328. The van der Waals surface area contributed by atoms with Gasteiger partial charge in [0, 0.05) is 24.5 Å². The number of methoxy groups -OCH3 is 1. The van der Waals surface area contributed by atoms with Gasteiger partial charge in [-0.25, -0.2) is 0 Å². The van der Waals surface area contributed by atoms with Gasteiger partial charge in [0.2, 0.25) is 5.91 Å². The van der Waals surface area contributed by atoms with Crippen LogP contribution >= 0.6 is 0 Å². The van der Waals surface area contributed by atoms with Crippen LogP contribution in [0.25, 0.3) is 0 Å². The molecule has 144 valence electrons. The van der Waals surface area contributed by atoms with Crippen LogP contribution in [0.3, 0.4) is 0 Å². The number of hydrogen-bond acceptors (Lipinski definition) is 3. The summed E-state index contributed by atoms with van der Waals surface area (Å²) >= 11 is 0. The molecule has 0 radical (unpaired) electrons. The van der Waals surface area contributed by atoms with E-state index in [-0.39, 0.29) is 5.91 Å². The van der Waals surface area contributed by atoms with E-state index in [1.165, 1.54) is 5.56 Å². The number of amides is 1. The van der Waals surface area contributed by atoms with Crippen molar-refractivity contribution in [3.63, 3.8) is 0 Å². The highest BCUT2D eigenvalue weighted by Crippen LogP contribution is 2.20. The SMILES string of the molecule is CCN(Cc1ccccc1)c1ccc(NC(=O)Cc2ccc(OC)cc2)cc1. The van der Waals surface area contributed by atoms with Gasteiger partial charge in [-0.3, -0.25) is 4.79 Å². The van der Waals surface area contributed by atoms with Crippen LogP contribution in [0.4, 0.5) is 11.4 Å². The number of rotatable bonds is 8. The van der Waals surface area contributed by atoms with Crippen LogP contribution in [-0.2, 0) is 17.8 Å². The largest absolute Gasteiger partial charge is 0.497 e. The third kappa shape index (κ3) is 5.36. The third-order valence-corrected chi connectivity index (χ3v) is 4.64. The smallest absolute Gasteiger partial charge is 0.228 e. The van der Waals surface area contributed by atoms with Crippen molar-refractivity contribution in [3.05, 3.63) is 90.0 Å². The molecule has 1 amide bonds. The van der Waals surface area contributed by atoms with Crippen LogP contribution in [0.15, 0.2) is 78.9 Å². The number of carbonyl (C=O) groups excluding carboxylic acids is 1. The van der Waals surface area contributed by atoms with Crippen LogP contribution in [-0.4, -0.2) is 19.6 Å². The first-order chi connectivity index (χ1) is 13.7. The number of benzene rings is 3. The Bertz CT molecular complexity index is 875. The van der Waals surface area contributed by atoms with Gasteiger partial charge in [-0.05, 0) is 54.4 Å². The summed E-state index contributed by atoms with van der Waals surface area (Å²) in [6, 6.07) is 26.0. The van der Waals surface area contributed by atoms with Crippen molar-refractivity contribution in [2.75, 3.05) is 23.9 Å². The summed E-state index contributed by atoms with van der Waals surface area (Å²) in [5.74, 6) is 0.755. The van der Waals surface area contributed by atoms with E-state index in [2.05, 4.69) is 53.5 Å². The quantitative estimate of drug-likeness (QED) is 0.609. The number of hydrogen-bond donors (Lipinski definition) is 1. The molecule has 28 heavy (non-hydrogen) atoms. The molecule has 0 saturated carbocycles. The molecule has 3 aromatic rings. The summed E-state index contributed by atoms with van der Waals surface area (Å²) in [4.78, 5) is 14.6. The van der Waals surface area contributed by atoms with Gasteiger partial charge in [0.25, 0.3) is 0 Å². The highest BCUT2D eigenvalue weighted by Gasteiger charge is 2.08. The molecule has 3 rings (SSSR count). The number of carbonyl (C=O) groups is 1. The lowest BCUT2D eigenvalue weighted by molar-refractivity contribution is -0.115. The van der Waals surface area contributed by atoms with E-state index in [9.17, 15) is 4.79 Å². The van der Waals surface area contributed by atoms with Gasteiger partial charge in [0.05, 0.1) is 13.5 Å². The Morgan fingerprint density at radius 1 is 0.893 bits per heavy atom. The number of anilines is 2. The Kier molecular flexibility index (Phi) is 6.68. The highest BCUT2D eigenvalue weighted by molar-refractivity contribution is 5.92. The standard InChI is InChI=1S/C24H26N2O2/c1-3-26(18-20-7-5-4-6-8-20)22-13-11-21(12-14-22)25-24(27)17-19-9-15-23(28-2)16-10-19/h4-16H,3,17-18H2,1-2H3,(H,25,27). The van der Waals surface area contributed by atoms with Crippen LogP contribution in [0.1, 0.15) is 18.1 Å². The molecule has 0 spiro atoms. The monoisotopic (exact) mass is 374 g/mol. The zero-order valence-corrected chi connectivity index (χ0v) is 16.4. The lowest BCUT2D eigenvalue weighted by atomic mass is 10.1. The molecule has 0 saturated heterocycles. The highest BCUT2D eigenvalue weighted by atomic mass is 16.5. The molecule has 0 aliphatic heterocycles. The fraction of sp³-hybridized carbons (Fsp3) is 0.208. The van der Waals surface area contributed by atoms with E-state index in [0.717, 1.165) is 35.8 Å². The fourth-order valence-electron chi connectivity index (χ4n) is 3.08. The molecule has 0 aliphatic rings. The van der Waals surface area contributed by atoms with Gasteiger partial charge in [-0.1, -0.05) is 42.5 Å². The van der Waals surface area contributed by atoms with E-state index >= 15 is 0 Å². The predicted molar refractivity (Wildman–Crippen MR) is 115 cm³/mol. The minimum atomic E-state index is -0.0328. The second-order valence-corrected chi connectivity index (χ2v) is 6.62. The van der Waals surface area contributed by atoms with Gasteiger partial charge in [-0.15, -0.1) is 0 Å². The van der Waals surface area contributed by atoms with Crippen LogP contribution in [0.2, 0.25) is 0 Å². The summed E-state index contributed by atoms with van der Waals surface area (Å²) in [5, 5.41) is 2.96. The molecule has 4 heteroatoms. The Labute approximate surface area is 166 Å². The van der Waals surface area contributed by atoms with Crippen molar-refractivity contribution in [1.82, 2.24) is 0 Å². The zero-order chi connectivity index (χ0) is 19.8. The fourth-order valence-corrected chi connectivity index (χ4v) is 3.08. The van der Waals surface area contributed by atoms with Crippen molar-refractivity contribution in [1.29, 1.82) is 0 Å². The summed E-state index contributed by atoms with van der Waals surface area (Å²) in [6.07, 6.45) is 0.334. The van der Waals surface area contributed by atoms with E-state index < -0.39 is 0 Å². The summed E-state index contributed by atoms with van der Waals surface area (Å²) in [7, 11) is 1.63. The summed E-state index contributed by atoms with van der Waals surface area (Å²) in [5.41, 5.74) is 4.17. The number of nitrogens with one attached hydrogen (secondary N) is 1. The summed E-state index contributed by atoms with van der Waals surface area (Å²) < 4.78 is 5.14. The van der Waals surface area contributed by atoms with Gasteiger partial charge in [-0.2, -0.15) is 0 Å². The van der Waals surface area contributed by atoms with Crippen molar-refractivity contribution in [2.45, 2.75) is 19.9 Å². The van der Waals surface area contributed by atoms with Gasteiger partial charge in [0.1, 0.15) is 5.75 Å². The first kappa shape index (κ1) is 19.5. The van der Waals surface area contributed by atoms with E-state index in [1.54, 1.807) is 7.11 Å². The Morgan fingerprint density at radius 3 is 2.18 bits per heavy atom. The van der Waals surface area contributed by atoms with Crippen LogP contribution in [0.5, 0.6) is 5.75 Å². The molecule has 0 atom stereocenters. The molecule has 1 N–H and O–H groups in total. The minimum Gasteiger partial charge on any atom is -0.497 e. The van der Waals surface area contributed by atoms with Gasteiger partial charge >= 0.3 is 0 Å². The number of nitrogens with zero attached hydrogens (tertiary/aromatic N) is 1. The molecular weight excluding hydrogens is 348 g/mol. The third-order valence-electron chi connectivity index (χ3n) is 4.64. The van der Waals surface area contributed by atoms with E-state index in [1.807, 2.05) is 42.5 Å². The van der Waals surface area contributed by atoms with Crippen LogP contribution in [0, 0.1) is 0 Å². The average Bonchev–Trinajstić information content (AvgIpc) is 2.74. The molecular formula is C24H26N2O2. The van der Waals surface area contributed by atoms with Crippen LogP contribution < -0.4 is 15.0 Å². The molecule has 3 aromatic carbocycles. The average molecular weight is 374 g/mol. The lowest BCUT2D eigenvalue weighted by Crippen LogP contribution is -2.22. The molecule has 0 unspecified atom stereocenters. The second kappa shape index (κ2) is 9.60. The molecule has 0 fully saturated rings. The maximum atomic E-state index is 12.3. The number of ether oxygens (including phenoxy) is 1. The van der Waals surface area contributed by atoms with E-state index in [4.69, 9.17) is 4.74 Å². The van der Waals surface area contributed by atoms with Crippen molar-refractivity contribution in [2.24, 2.45) is 0 Å². The lowest BCUT2D eigenvalue weighted by Gasteiger charge is -2.23. The first-order valence-electron chi connectivity index (χ1n) is 9.49. The molecule has 0 bridgehead atoms. The normalized spacial score (nSPS) is 10.4. The van der Waals surface area contributed by atoms with Gasteiger partial charge < -0.3 is 15.0 Å². The maximum absolute atomic E-state index is 12.3. The van der Waals surface area contributed by atoms with Crippen molar-refractivity contribution < 1.29 is 9.53 Å². The topological polar surface area (TPSA) is 41.6 Å². The second-order valence-electron chi connectivity index (χ2n) is 6.62. The van der Waals surface area contributed by atoms with E-state index in [0.29, 0.717) is 6.42 Å².